The summed E-state index contributed by atoms with van der Waals surface area (Å²) in [4.78, 5) is 25.0. The first-order valence-electron chi connectivity index (χ1n) is 21.5. The summed E-state index contributed by atoms with van der Waals surface area (Å²) in [5.74, 6) is 0. The molecule has 4 aromatic rings. The average Bonchev–Trinajstić information content (AvgIpc) is 4.19. The third-order valence-corrected chi connectivity index (χ3v) is 12.1. The largest absolute Gasteiger partial charge is 3.00 e. The minimum atomic E-state index is -1.22. The Balaban J connectivity index is 0.000000143. The molecule has 325 valence electrons. The number of benzene rings is 4. The Bertz CT molecular complexity index is 1970. The maximum Gasteiger partial charge on any atom is 3.00 e. The SMILES string of the molecule is CN1C=CN([B-](N2C=CN(C)C2)N2C=CN(C)C2)C1.CN1C=CN([B-](N2C=CNC2)N2C=CN(C)C2)C1.[Fe+3].c1ccc([B-](c2ccccc2)(c2ccccc2)c2ccccc2)cc1. The van der Waals surface area contributed by atoms with Gasteiger partial charge in [-0.25, -0.2) is 0 Å². The van der Waals surface area contributed by atoms with E-state index in [0.717, 1.165) is 40.0 Å². The normalized spacial score (nSPS) is 17.4. The predicted molar refractivity (Wildman–Crippen MR) is 259 cm³/mol. The second-order valence-electron chi connectivity index (χ2n) is 16.9. The summed E-state index contributed by atoms with van der Waals surface area (Å²) in [6, 6.07) is 43.5. The molecule has 0 saturated heterocycles. The summed E-state index contributed by atoms with van der Waals surface area (Å²) in [7, 11) is 10.9. The van der Waals surface area contributed by atoms with Gasteiger partial charge in [0.1, 0.15) is 6.15 Å². The fourth-order valence-corrected chi connectivity index (χ4v) is 9.29. The molecule has 0 aliphatic carbocycles. The standard InChI is InChI=1S/C24H20B.C12H21BN6.C11H19BN6.Fe/c1-5-13-21(14-6-1)25(22-15-7-2-8-16-22,23-17-9-3-10-18-23)24-19-11-4-12-20-24;1-14-4-7-17(10-14)13(18-8-5-15(2)11-18)19-9-6-16(3)12-19;1-14-5-7-17(10-14)12(16-4-3-13-9-16)18-8-6-15(2)11-18;/h1-20H;4-9H,10-12H2,1-3H3;3-8,13H,9-11H2,1-2H3;/q3*-1;+3. The van der Waals surface area contributed by atoms with Crippen LogP contribution in [-0.2, 0) is 17.1 Å². The summed E-state index contributed by atoms with van der Waals surface area (Å²) < 4.78 is 0. The molecule has 0 fully saturated rings. The first-order chi connectivity index (χ1) is 30.3. The monoisotopic (exact) mass is 881 g/mol. The molecular weight excluding hydrogens is 821 g/mol. The maximum absolute atomic E-state index is 3.24. The van der Waals surface area contributed by atoms with E-state index < -0.39 is 6.15 Å². The number of hydrogen-bond donors (Lipinski definition) is 1. The van der Waals surface area contributed by atoms with Crippen LogP contribution in [0.25, 0.3) is 0 Å². The first kappa shape index (κ1) is 44.7. The topological polar surface area (TPSA) is 47.7 Å². The molecule has 6 heterocycles. The number of nitrogens with zero attached hydrogens (tertiary/aromatic N) is 11. The average molecular weight is 881 g/mol. The van der Waals surface area contributed by atoms with Crippen molar-refractivity contribution in [2.75, 3.05) is 75.3 Å². The first-order valence-corrected chi connectivity index (χ1v) is 21.5. The molecule has 6 aliphatic heterocycles. The van der Waals surface area contributed by atoms with Crippen LogP contribution in [0.1, 0.15) is 0 Å². The molecule has 63 heavy (non-hydrogen) atoms. The summed E-state index contributed by atoms with van der Waals surface area (Å²) in [5.41, 5.74) is 5.36. The van der Waals surface area contributed by atoms with Gasteiger partial charge < -0.3 is 58.7 Å². The van der Waals surface area contributed by atoms with E-state index in [0.29, 0.717) is 0 Å². The number of rotatable bonds is 10. The second kappa shape index (κ2) is 20.7. The van der Waals surface area contributed by atoms with Gasteiger partial charge in [0, 0.05) is 72.4 Å². The van der Waals surface area contributed by atoms with Crippen molar-refractivity contribution in [2.45, 2.75) is 0 Å². The van der Waals surface area contributed by atoms with Crippen LogP contribution in [0.15, 0.2) is 196 Å². The second-order valence-corrected chi connectivity index (χ2v) is 16.9. The van der Waals surface area contributed by atoms with Gasteiger partial charge >= 0.3 is 17.1 Å². The molecule has 0 aromatic heterocycles. The Morgan fingerprint density at radius 2 is 0.603 bits per heavy atom. The molecule has 0 atom stereocenters. The fraction of sp³-hybridized carbons (Fsp3) is 0.234. The molecule has 4 aromatic carbocycles. The van der Waals surface area contributed by atoms with E-state index in [2.05, 4.69) is 283 Å². The van der Waals surface area contributed by atoms with E-state index >= 15 is 0 Å². The van der Waals surface area contributed by atoms with Crippen molar-refractivity contribution in [1.82, 2.24) is 58.7 Å². The van der Waals surface area contributed by atoms with Crippen molar-refractivity contribution in [3.8, 4) is 0 Å². The zero-order valence-electron chi connectivity index (χ0n) is 37.2. The molecule has 0 spiro atoms. The molecular formula is C47H60B3FeN12. The van der Waals surface area contributed by atoms with Gasteiger partial charge in [-0.3, -0.25) is 0 Å². The summed E-state index contributed by atoms with van der Waals surface area (Å²) in [6.45, 7) is 5.46. The third kappa shape index (κ3) is 10.1. The van der Waals surface area contributed by atoms with E-state index in [1.165, 1.54) is 21.9 Å². The number of nitrogens with one attached hydrogen (secondary N) is 1. The van der Waals surface area contributed by atoms with Crippen molar-refractivity contribution in [3.63, 3.8) is 0 Å². The quantitative estimate of drug-likeness (QED) is 0.239. The molecule has 10 rings (SSSR count). The Morgan fingerprint density at radius 3 is 0.810 bits per heavy atom. The van der Waals surface area contributed by atoms with E-state index in [9.17, 15) is 0 Å². The molecule has 12 nitrogen and oxygen atoms in total. The third-order valence-electron chi connectivity index (χ3n) is 12.1. The van der Waals surface area contributed by atoms with Gasteiger partial charge in [0.2, 0.25) is 0 Å². The Labute approximate surface area is 387 Å². The van der Waals surface area contributed by atoms with Crippen LogP contribution in [0.3, 0.4) is 0 Å². The van der Waals surface area contributed by atoms with Crippen LogP contribution in [0.4, 0.5) is 0 Å². The van der Waals surface area contributed by atoms with Crippen molar-refractivity contribution in [3.05, 3.63) is 196 Å². The van der Waals surface area contributed by atoms with E-state index in [1.54, 1.807) is 0 Å². The van der Waals surface area contributed by atoms with Crippen molar-refractivity contribution >= 4 is 42.2 Å². The van der Waals surface area contributed by atoms with Gasteiger partial charge in [-0.15, -0.1) is 0 Å². The molecule has 0 saturated carbocycles. The van der Waals surface area contributed by atoms with Gasteiger partial charge in [0.25, 0.3) is 0 Å². The van der Waals surface area contributed by atoms with Gasteiger partial charge in [-0.2, -0.15) is 21.9 Å². The van der Waals surface area contributed by atoms with E-state index in [1.807, 2.05) is 6.20 Å². The molecule has 0 unspecified atom stereocenters. The molecule has 6 aliphatic rings. The zero-order chi connectivity index (χ0) is 42.9. The molecule has 1 N–H and O–H groups in total. The van der Waals surface area contributed by atoms with Gasteiger partial charge in [0.15, 0.2) is 14.2 Å². The van der Waals surface area contributed by atoms with Crippen LogP contribution in [0, 0.1) is 0 Å². The minimum Gasteiger partial charge on any atom is -0.521 e. The van der Waals surface area contributed by atoms with E-state index in [4.69, 9.17) is 0 Å². The summed E-state index contributed by atoms with van der Waals surface area (Å²) >= 11 is 0. The minimum absolute atomic E-state index is 0. The van der Waals surface area contributed by atoms with Crippen LogP contribution < -0.4 is 27.2 Å². The van der Waals surface area contributed by atoms with Crippen LogP contribution >= 0.6 is 0 Å². The molecule has 16 heteroatoms. The van der Waals surface area contributed by atoms with Crippen LogP contribution in [0.2, 0.25) is 0 Å². The van der Waals surface area contributed by atoms with Crippen molar-refractivity contribution in [1.29, 1.82) is 0 Å². The molecule has 3 radical (unpaired) electrons. The van der Waals surface area contributed by atoms with Gasteiger partial charge in [-0.1, -0.05) is 121 Å². The van der Waals surface area contributed by atoms with E-state index in [-0.39, 0.29) is 31.3 Å². The van der Waals surface area contributed by atoms with Gasteiger partial charge in [0.05, 0.1) is 40.0 Å². The zero-order valence-corrected chi connectivity index (χ0v) is 38.3. The van der Waals surface area contributed by atoms with Gasteiger partial charge in [-0.05, 0) is 37.2 Å². The predicted octanol–water partition coefficient (Wildman–Crippen LogP) is 2.72. The fourth-order valence-electron chi connectivity index (χ4n) is 9.29. The Morgan fingerprint density at radius 1 is 0.349 bits per heavy atom. The van der Waals surface area contributed by atoms with Crippen LogP contribution in [0.5, 0.6) is 0 Å². The molecule has 0 bridgehead atoms. The van der Waals surface area contributed by atoms with Crippen LogP contribution in [-0.4, -0.2) is 149 Å². The Kier molecular flexibility index (Phi) is 14.7. The van der Waals surface area contributed by atoms with Crippen molar-refractivity contribution < 1.29 is 17.1 Å². The molecule has 0 amide bonds. The Hall–Kier alpha value is -6.37. The maximum atomic E-state index is 3.24. The summed E-state index contributed by atoms with van der Waals surface area (Å²) in [6.07, 6.45) is 24.3. The van der Waals surface area contributed by atoms with Crippen molar-refractivity contribution in [2.24, 2.45) is 0 Å². The summed E-state index contributed by atoms with van der Waals surface area (Å²) in [5, 5.41) is 3.24. The number of hydrogen-bond acceptors (Lipinski definition) is 12. The smallest absolute Gasteiger partial charge is 0.521 e.